The Morgan fingerprint density at radius 3 is 2.69 bits per heavy atom. The first-order chi connectivity index (χ1) is 12.5. The van der Waals surface area contributed by atoms with Gasteiger partial charge in [-0.05, 0) is 38.8 Å². The molecule has 8 nitrogen and oxygen atoms in total. The van der Waals surface area contributed by atoms with Crippen LogP contribution in [-0.4, -0.2) is 53.4 Å². The SMILES string of the molecule is Cc1cc(C)n2ncc(CN3CCC(C(=O)O)(n4cccn4)CC3)c2n1. The molecule has 1 N–H and O–H groups in total. The van der Waals surface area contributed by atoms with Crippen LogP contribution >= 0.6 is 0 Å². The van der Waals surface area contributed by atoms with Gasteiger partial charge in [0.05, 0.1) is 6.20 Å². The molecule has 0 aliphatic carbocycles. The van der Waals surface area contributed by atoms with Crippen LogP contribution in [0.4, 0.5) is 0 Å². The summed E-state index contributed by atoms with van der Waals surface area (Å²) in [4.78, 5) is 18.8. The van der Waals surface area contributed by atoms with Crippen molar-refractivity contribution in [1.82, 2.24) is 29.3 Å². The lowest BCUT2D eigenvalue weighted by molar-refractivity contribution is -0.151. The van der Waals surface area contributed by atoms with Gasteiger partial charge in [0.15, 0.2) is 11.2 Å². The Bertz CT molecular complexity index is 938. The fraction of sp³-hybridized carbons (Fsp3) is 0.444. The van der Waals surface area contributed by atoms with Gasteiger partial charge in [-0.15, -0.1) is 0 Å². The maximum Gasteiger partial charge on any atom is 0.331 e. The van der Waals surface area contributed by atoms with Crippen molar-refractivity contribution in [3.63, 3.8) is 0 Å². The summed E-state index contributed by atoms with van der Waals surface area (Å²) in [6.45, 7) is 6.09. The van der Waals surface area contributed by atoms with Crippen LogP contribution in [-0.2, 0) is 16.9 Å². The number of likely N-dealkylation sites (tertiary alicyclic amines) is 1. The van der Waals surface area contributed by atoms with Crippen molar-refractivity contribution < 1.29 is 9.90 Å². The van der Waals surface area contributed by atoms with E-state index in [1.807, 2.05) is 30.6 Å². The number of carbonyl (C=O) groups is 1. The van der Waals surface area contributed by atoms with E-state index in [-0.39, 0.29) is 0 Å². The van der Waals surface area contributed by atoms with Crippen molar-refractivity contribution >= 4 is 11.6 Å². The minimum atomic E-state index is -0.952. The largest absolute Gasteiger partial charge is 0.479 e. The number of aromatic nitrogens is 5. The molecule has 136 valence electrons. The zero-order chi connectivity index (χ0) is 18.3. The van der Waals surface area contributed by atoms with E-state index in [2.05, 4.69) is 20.1 Å². The molecule has 8 heteroatoms. The summed E-state index contributed by atoms with van der Waals surface area (Å²) in [7, 11) is 0. The molecule has 4 rings (SSSR count). The van der Waals surface area contributed by atoms with Gasteiger partial charge in [0.25, 0.3) is 0 Å². The number of hydrogen-bond donors (Lipinski definition) is 1. The van der Waals surface area contributed by atoms with Crippen LogP contribution in [0.15, 0.2) is 30.7 Å². The number of aliphatic carboxylic acids is 1. The molecule has 1 aliphatic heterocycles. The molecule has 0 unspecified atom stereocenters. The van der Waals surface area contributed by atoms with E-state index >= 15 is 0 Å². The summed E-state index contributed by atoms with van der Waals surface area (Å²) < 4.78 is 3.45. The highest BCUT2D eigenvalue weighted by Gasteiger charge is 2.43. The third kappa shape index (κ3) is 2.66. The zero-order valence-electron chi connectivity index (χ0n) is 15.0. The van der Waals surface area contributed by atoms with Gasteiger partial charge in [-0.1, -0.05) is 0 Å². The number of hydrogen-bond acceptors (Lipinski definition) is 5. The number of fused-ring (bicyclic) bond motifs is 1. The highest BCUT2D eigenvalue weighted by Crippen LogP contribution is 2.31. The van der Waals surface area contributed by atoms with Crippen molar-refractivity contribution in [1.29, 1.82) is 0 Å². The molecule has 4 heterocycles. The Kier molecular flexibility index (Phi) is 3.99. The monoisotopic (exact) mass is 354 g/mol. The van der Waals surface area contributed by atoms with E-state index in [0.717, 1.165) is 22.6 Å². The molecule has 0 amide bonds. The topological polar surface area (TPSA) is 88.5 Å². The number of carboxylic acids is 1. The Balaban J connectivity index is 1.53. The predicted molar refractivity (Wildman–Crippen MR) is 94.8 cm³/mol. The van der Waals surface area contributed by atoms with Crippen LogP contribution in [0, 0.1) is 13.8 Å². The van der Waals surface area contributed by atoms with Crippen LogP contribution in [0.5, 0.6) is 0 Å². The summed E-state index contributed by atoms with van der Waals surface area (Å²) in [5, 5.41) is 18.4. The summed E-state index contributed by atoms with van der Waals surface area (Å²) in [6, 6.07) is 3.78. The summed E-state index contributed by atoms with van der Waals surface area (Å²) in [6.07, 6.45) is 6.28. The Morgan fingerprint density at radius 1 is 1.27 bits per heavy atom. The molecule has 3 aromatic rings. The molecule has 1 fully saturated rings. The first-order valence-electron chi connectivity index (χ1n) is 8.76. The second-order valence-corrected chi connectivity index (χ2v) is 7.01. The summed E-state index contributed by atoms with van der Waals surface area (Å²) in [5.74, 6) is -0.815. The van der Waals surface area contributed by atoms with E-state index in [1.54, 1.807) is 23.1 Å². The van der Waals surface area contributed by atoms with Crippen molar-refractivity contribution in [2.24, 2.45) is 0 Å². The number of rotatable bonds is 4. The van der Waals surface area contributed by atoms with Crippen LogP contribution in [0.25, 0.3) is 5.65 Å². The maximum atomic E-state index is 11.9. The van der Waals surface area contributed by atoms with E-state index < -0.39 is 11.5 Å². The van der Waals surface area contributed by atoms with Crippen molar-refractivity contribution in [3.05, 3.63) is 47.7 Å². The highest BCUT2D eigenvalue weighted by molar-refractivity contribution is 5.76. The zero-order valence-corrected chi connectivity index (χ0v) is 15.0. The standard InChI is InChI=1S/C18H22N6O2/c1-13-10-14(2)24-16(21-13)15(11-20-24)12-22-8-4-18(5-9-22,17(25)26)23-7-3-6-19-23/h3,6-7,10-11H,4-5,8-9,12H2,1-2H3,(H,25,26). The van der Waals surface area contributed by atoms with E-state index in [4.69, 9.17) is 0 Å². The molecule has 3 aromatic heterocycles. The molecule has 0 aromatic carbocycles. The van der Waals surface area contributed by atoms with Gasteiger partial charge in [0.1, 0.15) is 0 Å². The van der Waals surface area contributed by atoms with Crippen molar-refractivity contribution in [3.8, 4) is 0 Å². The van der Waals surface area contributed by atoms with Gasteiger partial charge in [-0.3, -0.25) is 9.58 Å². The minimum absolute atomic E-state index is 0.523. The highest BCUT2D eigenvalue weighted by atomic mass is 16.4. The van der Waals surface area contributed by atoms with Gasteiger partial charge >= 0.3 is 5.97 Å². The first-order valence-corrected chi connectivity index (χ1v) is 8.76. The summed E-state index contributed by atoms with van der Waals surface area (Å²) in [5.41, 5.74) is 3.02. The molecule has 0 saturated carbocycles. The fourth-order valence-electron chi connectivity index (χ4n) is 3.81. The lowest BCUT2D eigenvalue weighted by Crippen LogP contribution is -2.51. The number of nitrogens with zero attached hydrogens (tertiary/aromatic N) is 6. The molecular formula is C18H22N6O2. The maximum absolute atomic E-state index is 11.9. The number of piperidine rings is 1. The molecule has 0 bridgehead atoms. The third-order valence-corrected chi connectivity index (χ3v) is 5.27. The van der Waals surface area contributed by atoms with Gasteiger partial charge < -0.3 is 5.11 Å². The van der Waals surface area contributed by atoms with Gasteiger partial charge in [0, 0.05) is 49.0 Å². The molecule has 0 radical (unpaired) electrons. The van der Waals surface area contributed by atoms with Crippen LogP contribution < -0.4 is 0 Å². The first kappa shape index (κ1) is 16.7. The van der Waals surface area contributed by atoms with Gasteiger partial charge in [-0.2, -0.15) is 10.2 Å². The molecule has 0 atom stereocenters. The lowest BCUT2D eigenvalue weighted by atomic mass is 9.87. The molecular weight excluding hydrogens is 332 g/mol. The van der Waals surface area contributed by atoms with Crippen molar-refractivity contribution in [2.75, 3.05) is 13.1 Å². The van der Waals surface area contributed by atoms with Crippen LogP contribution in [0.2, 0.25) is 0 Å². The second kappa shape index (κ2) is 6.21. The minimum Gasteiger partial charge on any atom is -0.479 e. The summed E-state index contributed by atoms with van der Waals surface area (Å²) >= 11 is 0. The third-order valence-electron chi connectivity index (χ3n) is 5.27. The molecule has 1 aliphatic rings. The quantitative estimate of drug-likeness (QED) is 0.766. The average molecular weight is 354 g/mol. The fourth-order valence-corrected chi connectivity index (χ4v) is 3.81. The predicted octanol–water partition coefficient (Wildman–Crippen LogP) is 1.62. The normalized spacial score (nSPS) is 17.6. The van der Waals surface area contributed by atoms with E-state index in [9.17, 15) is 9.90 Å². The van der Waals surface area contributed by atoms with Crippen molar-refractivity contribution in [2.45, 2.75) is 38.8 Å². The Labute approximate surface area is 151 Å². The Morgan fingerprint density at radius 2 is 2.04 bits per heavy atom. The number of aryl methyl sites for hydroxylation is 2. The van der Waals surface area contributed by atoms with Crippen LogP contribution in [0.3, 0.4) is 0 Å². The average Bonchev–Trinajstić information content (AvgIpc) is 3.26. The number of carboxylic acid groups (broad SMARTS) is 1. The van der Waals surface area contributed by atoms with Gasteiger partial charge in [0.2, 0.25) is 0 Å². The van der Waals surface area contributed by atoms with Crippen LogP contribution in [0.1, 0.15) is 29.8 Å². The molecule has 1 saturated heterocycles. The molecule has 0 spiro atoms. The Hall–Kier alpha value is -2.74. The van der Waals surface area contributed by atoms with Gasteiger partial charge in [-0.25, -0.2) is 14.3 Å². The molecule has 26 heavy (non-hydrogen) atoms. The smallest absolute Gasteiger partial charge is 0.331 e. The second-order valence-electron chi connectivity index (χ2n) is 7.01. The van der Waals surface area contributed by atoms with E-state index in [1.165, 1.54) is 0 Å². The lowest BCUT2D eigenvalue weighted by Gasteiger charge is -2.38. The van der Waals surface area contributed by atoms with E-state index in [0.29, 0.717) is 32.5 Å².